The van der Waals surface area contributed by atoms with Crippen LogP contribution in [0.5, 0.6) is 0 Å². The normalized spacial score (nSPS) is 11.5. The van der Waals surface area contributed by atoms with E-state index < -0.39 is 5.92 Å². The smallest absolute Gasteiger partial charge is 0.238 e. The molecule has 190 valence electrons. The SMILES string of the molecule is CC(C)(C)c1ccc(-c2nc3cc(NC(=S)NC(=O)C(c4ccccc4)c4ccccc4)ccc3o2)cc1. The standard InChI is InChI=1S/C32H29N3O2S/c1-32(2,3)24-16-14-23(15-17-24)30-34-26-20-25(18-19-27(26)37-30)33-31(38)35-29(36)28(21-10-6-4-7-11-21)22-12-8-5-9-13-22/h4-20,28H,1-3H3,(H2,33,35,36,38). The Morgan fingerprint density at radius 1 is 0.842 bits per heavy atom. The summed E-state index contributed by atoms with van der Waals surface area (Å²) in [4.78, 5) is 18.0. The van der Waals surface area contributed by atoms with E-state index in [1.807, 2.05) is 91.0 Å². The molecule has 5 nitrogen and oxygen atoms in total. The van der Waals surface area contributed by atoms with Crippen molar-refractivity contribution in [2.45, 2.75) is 32.1 Å². The topological polar surface area (TPSA) is 67.2 Å². The highest BCUT2D eigenvalue weighted by atomic mass is 32.1. The van der Waals surface area contributed by atoms with Crippen LogP contribution in [-0.2, 0) is 10.2 Å². The molecular weight excluding hydrogens is 490 g/mol. The van der Waals surface area contributed by atoms with E-state index in [0.717, 1.165) is 16.7 Å². The lowest BCUT2D eigenvalue weighted by molar-refractivity contribution is -0.120. The number of anilines is 1. The maximum atomic E-state index is 13.3. The van der Waals surface area contributed by atoms with Crippen LogP contribution in [0.1, 0.15) is 43.4 Å². The molecule has 0 radical (unpaired) electrons. The quantitative estimate of drug-likeness (QED) is 0.236. The molecule has 1 heterocycles. The second-order valence-electron chi connectivity index (χ2n) is 10.2. The number of nitrogens with zero attached hydrogens (tertiary/aromatic N) is 1. The second-order valence-corrected chi connectivity index (χ2v) is 10.6. The molecule has 0 spiro atoms. The zero-order valence-corrected chi connectivity index (χ0v) is 22.4. The van der Waals surface area contributed by atoms with E-state index in [2.05, 4.69) is 48.5 Å². The Kier molecular flexibility index (Phi) is 7.07. The molecule has 5 rings (SSSR count). The average Bonchev–Trinajstić information content (AvgIpc) is 3.33. The molecule has 0 fully saturated rings. The number of carbonyl (C=O) groups excluding carboxylic acids is 1. The maximum absolute atomic E-state index is 13.3. The second kappa shape index (κ2) is 10.6. The first-order valence-corrected chi connectivity index (χ1v) is 12.9. The minimum atomic E-state index is -0.484. The lowest BCUT2D eigenvalue weighted by Crippen LogP contribution is -2.37. The first kappa shape index (κ1) is 25.4. The zero-order chi connectivity index (χ0) is 26.7. The molecule has 38 heavy (non-hydrogen) atoms. The van der Waals surface area contributed by atoms with E-state index in [0.29, 0.717) is 22.7 Å². The highest BCUT2D eigenvalue weighted by Crippen LogP contribution is 2.29. The van der Waals surface area contributed by atoms with Gasteiger partial charge < -0.3 is 15.1 Å². The van der Waals surface area contributed by atoms with Crippen molar-refractivity contribution >= 4 is 40.0 Å². The van der Waals surface area contributed by atoms with Crippen molar-refractivity contribution in [3.05, 3.63) is 120 Å². The van der Waals surface area contributed by atoms with Crippen molar-refractivity contribution in [3.63, 3.8) is 0 Å². The number of carbonyl (C=O) groups is 1. The molecule has 1 amide bonds. The molecule has 4 aromatic carbocycles. The van der Waals surface area contributed by atoms with Crippen LogP contribution in [0.4, 0.5) is 5.69 Å². The molecule has 1 aromatic heterocycles. The zero-order valence-electron chi connectivity index (χ0n) is 21.6. The molecule has 0 saturated heterocycles. The molecule has 0 aliphatic carbocycles. The van der Waals surface area contributed by atoms with E-state index in [9.17, 15) is 4.79 Å². The highest BCUT2D eigenvalue weighted by Gasteiger charge is 2.23. The van der Waals surface area contributed by atoms with E-state index >= 15 is 0 Å². The number of nitrogens with one attached hydrogen (secondary N) is 2. The fourth-order valence-corrected chi connectivity index (χ4v) is 4.59. The van der Waals surface area contributed by atoms with Crippen LogP contribution in [-0.4, -0.2) is 16.0 Å². The molecule has 2 N–H and O–H groups in total. The number of amides is 1. The average molecular weight is 520 g/mol. The van der Waals surface area contributed by atoms with Crippen molar-refractivity contribution < 1.29 is 9.21 Å². The summed E-state index contributed by atoms with van der Waals surface area (Å²) in [6.45, 7) is 6.56. The lowest BCUT2D eigenvalue weighted by atomic mass is 9.87. The van der Waals surface area contributed by atoms with Crippen molar-refractivity contribution in [3.8, 4) is 11.5 Å². The Hall–Kier alpha value is -4.29. The van der Waals surface area contributed by atoms with Gasteiger partial charge in [-0.15, -0.1) is 0 Å². The van der Waals surface area contributed by atoms with Gasteiger partial charge in [0.1, 0.15) is 5.52 Å². The number of hydrogen-bond donors (Lipinski definition) is 2. The third kappa shape index (κ3) is 5.66. The predicted molar refractivity (Wildman–Crippen MR) is 157 cm³/mol. The van der Waals surface area contributed by atoms with Gasteiger partial charge in [-0.25, -0.2) is 4.98 Å². The molecule has 0 saturated carbocycles. The summed E-state index contributed by atoms with van der Waals surface area (Å²) < 4.78 is 5.99. The highest BCUT2D eigenvalue weighted by molar-refractivity contribution is 7.80. The van der Waals surface area contributed by atoms with Gasteiger partial charge in [-0.2, -0.15) is 0 Å². The largest absolute Gasteiger partial charge is 0.436 e. The fourth-order valence-electron chi connectivity index (χ4n) is 4.37. The van der Waals surface area contributed by atoms with Crippen molar-refractivity contribution in [1.82, 2.24) is 10.3 Å². The number of oxazole rings is 1. The number of fused-ring (bicyclic) bond motifs is 1. The first-order chi connectivity index (χ1) is 18.3. The molecule has 0 atom stereocenters. The van der Waals surface area contributed by atoms with Gasteiger partial charge in [0.25, 0.3) is 0 Å². The van der Waals surface area contributed by atoms with Crippen molar-refractivity contribution in [2.75, 3.05) is 5.32 Å². The Morgan fingerprint density at radius 2 is 1.45 bits per heavy atom. The van der Waals surface area contributed by atoms with Gasteiger partial charge in [-0.3, -0.25) is 4.79 Å². The van der Waals surface area contributed by atoms with Gasteiger partial charge in [0.2, 0.25) is 11.8 Å². The Labute approximate surface area is 227 Å². The van der Waals surface area contributed by atoms with E-state index in [4.69, 9.17) is 16.6 Å². The summed E-state index contributed by atoms with van der Waals surface area (Å²) in [6, 6.07) is 33.2. The summed E-state index contributed by atoms with van der Waals surface area (Å²) in [6.07, 6.45) is 0. The summed E-state index contributed by atoms with van der Waals surface area (Å²) in [5, 5.41) is 6.19. The van der Waals surface area contributed by atoms with Gasteiger partial charge in [0.05, 0.1) is 5.92 Å². The van der Waals surface area contributed by atoms with Crippen LogP contribution < -0.4 is 10.6 Å². The van der Waals surface area contributed by atoms with Gasteiger partial charge in [-0.1, -0.05) is 93.6 Å². The summed E-state index contributed by atoms with van der Waals surface area (Å²) in [5.74, 6) is -0.132. The third-order valence-corrected chi connectivity index (χ3v) is 6.61. The Bertz CT molecular complexity index is 1530. The maximum Gasteiger partial charge on any atom is 0.238 e. The number of thiocarbonyl (C=S) groups is 1. The fraction of sp³-hybridized carbons (Fsp3) is 0.156. The van der Waals surface area contributed by atoms with E-state index in [1.165, 1.54) is 5.56 Å². The number of aromatic nitrogens is 1. The van der Waals surface area contributed by atoms with Crippen LogP contribution >= 0.6 is 12.2 Å². The molecule has 6 heteroatoms. The number of hydrogen-bond acceptors (Lipinski definition) is 4. The summed E-state index contributed by atoms with van der Waals surface area (Å²) in [7, 11) is 0. The Balaban J connectivity index is 1.31. The van der Waals surface area contributed by atoms with Crippen LogP contribution in [0.3, 0.4) is 0 Å². The Morgan fingerprint density at radius 3 is 2.03 bits per heavy atom. The van der Waals surface area contributed by atoms with Gasteiger partial charge >= 0.3 is 0 Å². The summed E-state index contributed by atoms with van der Waals surface area (Å²) in [5.41, 5.74) is 6.12. The minimum absolute atomic E-state index is 0.0798. The van der Waals surface area contributed by atoms with Gasteiger partial charge in [-0.05, 0) is 64.7 Å². The van der Waals surface area contributed by atoms with E-state index in [-0.39, 0.29) is 16.4 Å². The van der Waals surface area contributed by atoms with Crippen molar-refractivity contribution in [1.29, 1.82) is 0 Å². The van der Waals surface area contributed by atoms with Gasteiger partial charge in [0, 0.05) is 11.3 Å². The first-order valence-electron chi connectivity index (χ1n) is 12.5. The molecule has 5 aromatic rings. The molecule has 0 aliphatic heterocycles. The molecule has 0 aliphatic rings. The summed E-state index contributed by atoms with van der Waals surface area (Å²) >= 11 is 5.49. The van der Waals surface area contributed by atoms with Gasteiger partial charge in [0.15, 0.2) is 10.7 Å². The van der Waals surface area contributed by atoms with Crippen LogP contribution in [0, 0.1) is 0 Å². The minimum Gasteiger partial charge on any atom is -0.436 e. The van der Waals surface area contributed by atoms with Crippen LogP contribution in [0.25, 0.3) is 22.6 Å². The number of rotatable bonds is 5. The van der Waals surface area contributed by atoms with Crippen LogP contribution in [0.2, 0.25) is 0 Å². The van der Waals surface area contributed by atoms with E-state index in [1.54, 1.807) is 0 Å². The molecule has 0 bridgehead atoms. The number of benzene rings is 4. The predicted octanol–water partition coefficient (Wildman–Crippen LogP) is 7.44. The monoisotopic (exact) mass is 519 g/mol. The third-order valence-electron chi connectivity index (χ3n) is 6.41. The molecular formula is C32H29N3O2S. The molecule has 0 unspecified atom stereocenters. The van der Waals surface area contributed by atoms with Crippen molar-refractivity contribution in [2.24, 2.45) is 0 Å². The lowest BCUT2D eigenvalue weighted by Gasteiger charge is -2.18. The van der Waals surface area contributed by atoms with Crippen LogP contribution in [0.15, 0.2) is 108 Å².